The van der Waals surface area contributed by atoms with Gasteiger partial charge in [-0.1, -0.05) is 25.4 Å². The highest BCUT2D eigenvalue weighted by Crippen LogP contribution is 2.23. The summed E-state index contributed by atoms with van der Waals surface area (Å²) < 4.78 is 0. The zero-order valence-corrected chi connectivity index (χ0v) is 14.0. The number of halogens is 1. The molecule has 1 unspecified atom stereocenters. The van der Waals surface area contributed by atoms with Crippen molar-refractivity contribution in [3.63, 3.8) is 0 Å². The number of hydrogen-bond acceptors (Lipinski definition) is 2. The second-order valence-corrected chi connectivity index (χ2v) is 7.11. The van der Waals surface area contributed by atoms with E-state index in [9.17, 15) is 9.90 Å². The highest BCUT2D eigenvalue weighted by molar-refractivity contribution is 6.31. The molecule has 1 atom stereocenters. The van der Waals surface area contributed by atoms with Crippen molar-refractivity contribution < 1.29 is 9.90 Å². The Morgan fingerprint density at radius 1 is 1.45 bits per heavy atom. The summed E-state index contributed by atoms with van der Waals surface area (Å²) in [7, 11) is 0. The molecule has 22 heavy (non-hydrogen) atoms. The van der Waals surface area contributed by atoms with E-state index in [0.29, 0.717) is 24.4 Å². The molecule has 1 heterocycles. The summed E-state index contributed by atoms with van der Waals surface area (Å²) in [5.74, 6) is -0.0282. The summed E-state index contributed by atoms with van der Waals surface area (Å²) in [6.45, 7) is 6.37. The minimum atomic E-state index is -0.373. The van der Waals surface area contributed by atoms with Crippen molar-refractivity contribution >= 4 is 28.4 Å². The number of aliphatic hydroxyl groups excluding tert-OH is 1. The highest BCUT2D eigenvalue weighted by Gasteiger charge is 2.21. The summed E-state index contributed by atoms with van der Waals surface area (Å²) in [6, 6.07) is 5.60. The number of carbonyl (C=O) groups excluding carboxylic acids is 1. The molecule has 120 valence electrons. The van der Waals surface area contributed by atoms with E-state index >= 15 is 0 Å². The Labute approximate surface area is 135 Å². The van der Waals surface area contributed by atoms with Gasteiger partial charge in [-0.3, -0.25) is 4.79 Å². The predicted molar refractivity (Wildman–Crippen MR) is 90.1 cm³/mol. The van der Waals surface area contributed by atoms with Crippen LogP contribution in [0.1, 0.15) is 32.8 Å². The molecule has 0 saturated heterocycles. The van der Waals surface area contributed by atoms with Crippen LogP contribution in [0.3, 0.4) is 0 Å². The molecular weight excluding hydrogens is 300 g/mol. The molecule has 4 nitrogen and oxygen atoms in total. The van der Waals surface area contributed by atoms with Crippen molar-refractivity contribution in [2.45, 2.75) is 39.7 Å². The van der Waals surface area contributed by atoms with Crippen LogP contribution < -0.4 is 5.32 Å². The second kappa shape index (κ2) is 6.71. The third kappa shape index (κ3) is 4.49. The van der Waals surface area contributed by atoms with Crippen molar-refractivity contribution in [2.75, 3.05) is 6.54 Å². The largest absolute Gasteiger partial charge is 0.393 e. The summed E-state index contributed by atoms with van der Waals surface area (Å²) in [6.07, 6.45) is 2.44. The SMILES string of the molecule is CC(O)CC(C)(C)CNC(=O)Cc1c[nH]c2ccc(Cl)cc12. The number of H-pyrrole nitrogens is 1. The fourth-order valence-electron chi connectivity index (χ4n) is 2.74. The second-order valence-electron chi connectivity index (χ2n) is 6.67. The Hall–Kier alpha value is -1.52. The Kier molecular flexibility index (Phi) is 5.14. The topological polar surface area (TPSA) is 65.1 Å². The van der Waals surface area contributed by atoms with Crippen LogP contribution in [0.5, 0.6) is 0 Å². The quantitative estimate of drug-likeness (QED) is 0.764. The van der Waals surface area contributed by atoms with Crippen LogP contribution in [0.15, 0.2) is 24.4 Å². The van der Waals surface area contributed by atoms with Crippen LogP contribution in [0.25, 0.3) is 10.9 Å². The van der Waals surface area contributed by atoms with Gasteiger partial charge in [0.25, 0.3) is 0 Å². The number of aromatic amines is 1. The molecule has 0 bridgehead atoms. The molecule has 1 aromatic carbocycles. The maximum Gasteiger partial charge on any atom is 0.224 e. The van der Waals surface area contributed by atoms with Gasteiger partial charge in [-0.05, 0) is 42.5 Å². The molecule has 0 saturated carbocycles. The lowest BCUT2D eigenvalue weighted by atomic mass is 9.87. The van der Waals surface area contributed by atoms with E-state index in [1.807, 2.05) is 38.2 Å². The van der Waals surface area contributed by atoms with Gasteiger partial charge in [-0.25, -0.2) is 0 Å². The van der Waals surface area contributed by atoms with Gasteiger partial charge in [0.05, 0.1) is 12.5 Å². The molecule has 2 rings (SSSR count). The molecule has 0 spiro atoms. The van der Waals surface area contributed by atoms with E-state index in [0.717, 1.165) is 16.5 Å². The lowest BCUT2D eigenvalue weighted by Crippen LogP contribution is -2.36. The summed E-state index contributed by atoms with van der Waals surface area (Å²) in [5.41, 5.74) is 1.78. The van der Waals surface area contributed by atoms with E-state index in [-0.39, 0.29) is 17.4 Å². The molecule has 0 aliphatic heterocycles. The van der Waals surface area contributed by atoms with Gasteiger partial charge in [-0.15, -0.1) is 0 Å². The van der Waals surface area contributed by atoms with Crippen LogP contribution in [0.2, 0.25) is 5.02 Å². The number of carbonyl (C=O) groups is 1. The first-order valence-corrected chi connectivity index (χ1v) is 7.85. The molecular formula is C17H23ClN2O2. The van der Waals surface area contributed by atoms with Crippen LogP contribution in [-0.2, 0) is 11.2 Å². The fourth-order valence-corrected chi connectivity index (χ4v) is 2.91. The van der Waals surface area contributed by atoms with Crippen molar-refractivity contribution in [3.8, 4) is 0 Å². The van der Waals surface area contributed by atoms with Gasteiger partial charge < -0.3 is 15.4 Å². The maximum absolute atomic E-state index is 12.2. The smallest absolute Gasteiger partial charge is 0.224 e. The van der Waals surface area contributed by atoms with Crippen LogP contribution in [-0.4, -0.2) is 28.6 Å². The normalized spacial score (nSPS) is 13.3. The third-order valence-corrected chi connectivity index (χ3v) is 3.93. The van der Waals surface area contributed by atoms with E-state index in [4.69, 9.17) is 11.6 Å². The first-order chi connectivity index (χ1) is 10.3. The summed E-state index contributed by atoms with van der Waals surface area (Å²) in [4.78, 5) is 15.3. The van der Waals surface area contributed by atoms with Gasteiger partial charge >= 0.3 is 0 Å². The number of amides is 1. The van der Waals surface area contributed by atoms with E-state index in [2.05, 4.69) is 10.3 Å². The number of hydrogen-bond donors (Lipinski definition) is 3. The standard InChI is InChI=1S/C17H23ClN2O2/c1-11(21)8-17(2,3)10-20-16(22)6-12-9-19-15-5-4-13(18)7-14(12)15/h4-5,7,9,11,19,21H,6,8,10H2,1-3H3,(H,20,22). The molecule has 0 radical (unpaired) electrons. The minimum absolute atomic E-state index is 0.0282. The predicted octanol–water partition coefficient (Wildman–Crippen LogP) is 3.28. The monoisotopic (exact) mass is 322 g/mol. The molecule has 2 aromatic rings. The Balaban J connectivity index is 1.98. The average molecular weight is 323 g/mol. The van der Waals surface area contributed by atoms with Gasteiger partial charge in [0, 0.05) is 28.7 Å². The van der Waals surface area contributed by atoms with Crippen molar-refractivity contribution in [2.24, 2.45) is 5.41 Å². The molecule has 0 fully saturated rings. The summed E-state index contributed by atoms with van der Waals surface area (Å²) in [5, 5.41) is 14.1. The van der Waals surface area contributed by atoms with Gasteiger partial charge in [0.15, 0.2) is 0 Å². The zero-order valence-electron chi connectivity index (χ0n) is 13.2. The number of nitrogens with one attached hydrogen (secondary N) is 2. The van der Waals surface area contributed by atoms with Crippen molar-refractivity contribution in [3.05, 3.63) is 35.0 Å². The molecule has 1 amide bonds. The van der Waals surface area contributed by atoms with Gasteiger partial charge in [-0.2, -0.15) is 0 Å². The highest BCUT2D eigenvalue weighted by atomic mass is 35.5. The number of fused-ring (bicyclic) bond motifs is 1. The molecule has 5 heteroatoms. The number of rotatable bonds is 6. The van der Waals surface area contributed by atoms with E-state index in [1.165, 1.54) is 0 Å². The van der Waals surface area contributed by atoms with Gasteiger partial charge in [0.1, 0.15) is 0 Å². The maximum atomic E-state index is 12.2. The number of aliphatic hydroxyl groups is 1. The summed E-state index contributed by atoms with van der Waals surface area (Å²) >= 11 is 6.02. The van der Waals surface area contributed by atoms with Crippen molar-refractivity contribution in [1.82, 2.24) is 10.3 Å². The van der Waals surface area contributed by atoms with Crippen molar-refractivity contribution in [1.29, 1.82) is 0 Å². The van der Waals surface area contributed by atoms with Gasteiger partial charge in [0.2, 0.25) is 5.91 Å². The number of aromatic nitrogens is 1. The van der Waals surface area contributed by atoms with E-state index in [1.54, 1.807) is 6.92 Å². The lowest BCUT2D eigenvalue weighted by Gasteiger charge is -2.26. The molecule has 1 aromatic heterocycles. The fraction of sp³-hybridized carbons (Fsp3) is 0.471. The lowest BCUT2D eigenvalue weighted by molar-refractivity contribution is -0.121. The molecule has 0 aliphatic rings. The third-order valence-electron chi connectivity index (χ3n) is 3.69. The number of benzene rings is 1. The Bertz CT molecular complexity index is 662. The Morgan fingerprint density at radius 2 is 2.18 bits per heavy atom. The van der Waals surface area contributed by atoms with E-state index < -0.39 is 0 Å². The zero-order chi connectivity index (χ0) is 16.3. The first-order valence-electron chi connectivity index (χ1n) is 7.47. The van der Waals surface area contributed by atoms with Crippen LogP contribution >= 0.6 is 11.6 Å². The minimum Gasteiger partial charge on any atom is -0.393 e. The average Bonchev–Trinajstić information content (AvgIpc) is 2.78. The Morgan fingerprint density at radius 3 is 2.86 bits per heavy atom. The first kappa shape index (κ1) is 16.8. The van der Waals surface area contributed by atoms with Crippen LogP contribution in [0, 0.1) is 5.41 Å². The van der Waals surface area contributed by atoms with Crippen LogP contribution in [0.4, 0.5) is 0 Å². The molecule has 3 N–H and O–H groups in total. The molecule has 0 aliphatic carbocycles.